The third-order valence-corrected chi connectivity index (χ3v) is 5.28. The number of nitrogens with zero attached hydrogens (tertiary/aromatic N) is 3. The van der Waals surface area contributed by atoms with Gasteiger partial charge in [-0.25, -0.2) is 14.6 Å². The molecule has 0 radical (unpaired) electrons. The molecule has 1 N–H and O–H groups in total. The first-order valence-electron chi connectivity index (χ1n) is 10.4. The van der Waals surface area contributed by atoms with Gasteiger partial charge >= 0.3 is 12.1 Å². The number of hydrogen-bond acceptors (Lipinski definition) is 7. The van der Waals surface area contributed by atoms with E-state index in [1.165, 1.54) is 18.3 Å². The van der Waals surface area contributed by atoms with E-state index in [0.29, 0.717) is 36.8 Å². The number of H-pyrrole nitrogens is 1. The summed E-state index contributed by atoms with van der Waals surface area (Å²) in [5, 5.41) is 0.465. The summed E-state index contributed by atoms with van der Waals surface area (Å²) in [7, 11) is 0. The molecule has 2 aliphatic rings. The lowest BCUT2D eigenvalue weighted by atomic mass is 9.96. The fourth-order valence-corrected chi connectivity index (χ4v) is 3.69. The summed E-state index contributed by atoms with van der Waals surface area (Å²) < 4.78 is 5.40. The molecule has 0 spiro atoms. The summed E-state index contributed by atoms with van der Waals surface area (Å²) in [5.41, 5.74) is -0.144. The van der Waals surface area contributed by atoms with Gasteiger partial charge in [0.05, 0.1) is 17.3 Å². The third-order valence-electron chi connectivity index (χ3n) is 5.28. The van der Waals surface area contributed by atoms with Gasteiger partial charge in [0.2, 0.25) is 0 Å². The monoisotopic (exact) mass is 440 g/mol. The molecule has 0 aliphatic carbocycles. The number of piperidine rings is 1. The number of benzene rings is 1. The van der Waals surface area contributed by atoms with Crippen LogP contribution in [0.4, 0.5) is 4.79 Å². The van der Waals surface area contributed by atoms with Gasteiger partial charge in [-0.1, -0.05) is 17.2 Å². The van der Waals surface area contributed by atoms with E-state index in [0.717, 1.165) is 0 Å². The van der Waals surface area contributed by atoms with E-state index in [1.807, 2.05) is 20.8 Å². The Kier molecular flexibility index (Phi) is 5.45. The van der Waals surface area contributed by atoms with Crippen molar-refractivity contribution in [1.29, 1.82) is 0 Å². The van der Waals surface area contributed by atoms with Crippen LogP contribution in [-0.2, 0) is 9.57 Å². The van der Waals surface area contributed by atoms with Gasteiger partial charge in [-0.05, 0) is 45.7 Å². The van der Waals surface area contributed by atoms with Crippen LogP contribution in [0.25, 0.3) is 0 Å². The zero-order valence-corrected chi connectivity index (χ0v) is 18.1. The maximum absolute atomic E-state index is 12.5. The Morgan fingerprint density at radius 1 is 1.06 bits per heavy atom. The third kappa shape index (κ3) is 4.20. The smallest absolute Gasteiger partial charge is 0.410 e. The highest BCUT2D eigenvalue weighted by molar-refractivity contribution is 6.21. The summed E-state index contributed by atoms with van der Waals surface area (Å²) in [6.07, 6.45) is 2.27. The number of nitrogens with one attached hydrogen (secondary N) is 1. The summed E-state index contributed by atoms with van der Waals surface area (Å²) in [4.78, 5) is 63.3. The summed E-state index contributed by atoms with van der Waals surface area (Å²) in [6, 6.07) is 6.26. The van der Waals surface area contributed by atoms with E-state index in [1.54, 1.807) is 17.0 Å². The average Bonchev–Trinajstić information content (AvgIpc) is 3.33. The van der Waals surface area contributed by atoms with Crippen molar-refractivity contribution in [2.75, 3.05) is 13.1 Å². The molecule has 1 saturated heterocycles. The van der Waals surface area contributed by atoms with Crippen LogP contribution in [0.2, 0.25) is 0 Å². The quantitative estimate of drug-likeness (QED) is 0.728. The molecule has 32 heavy (non-hydrogen) atoms. The first kappa shape index (κ1) is 21.5. The van der Waals surface area contributed by atoms with Crippen LogP contribution in [0.3, 0.4) is 0 Å². The Labute approximate surface area is 184 Å². The second-order valence-electron chi connectivity index (χ2n) is 8.75. The molecule has 10 nitrogen and oxygen atoms in total. The number of ether oxygens (including phenoxy) is 1. The SMILES string of the molecule is CC(C)(C)OC(=O)N1CCC(c2ncc(C(=O)ON3C(=O)c4ccccc4C3=O)[nH]2)CC1. The minimum atomic E-state index is -0.885. The number of rotatable bonds is 3. The van der Waals surface area contributed by atoms with E-state index < -0.39 is 23.4 Å². The number of hydrogen-bond donors (Lipinski definition) is 1. The molecule has 1 aromatic carbocycles. The number of likely N-dealkylation sites (tertiary alicyclic amines) is 1. The molecule has 2 aromatic rings. The van der Waals surface area contributed by atoms with Crippen LogP contribution >= 0.6 is 0 Å². The fourth-order valence-electron chi connectivity index (χ4n) is 3.69. The average molecular weight is 440 g/mol. The van der Waals surface area contributed by atoms with Gasteiger partial charge in [-0.3, -0.25) is 9.59 Å². The molecule has 3 heterocycles. The van der Waals surface area contributed by atoms with Gasteiger partial charge in [-0.2, -0.15) is 0 Å². The number of carbonyl (C=O) groups excluding carboxylic acids is 4. The number of imidazole rings is 1. The minimum absolute atomic E-state index is 0.0227. The highest BCUT2D eigenvalue weighted by Crippen LogP contribution is 2.28. The number of imide groups is 1. The molecule has 168 valence electrons. The molecular formula is C22H24N4O6. The van der Waals surface area contributed by atoms with Gasteiger partial charge in [0.15, 0.2) is 0 Å². The number of fused-ring (bicyclic) bond motifs is 1. The Hall–Kier alpha value is -3.69. The summed E-state index contributed by atoms with van der Waals surface area (Å²) in [5.74, 6) is -1.65. The molecule has 0 unspecified atom stereocenters. The van der Waals surface area contributed by atoms with Crippen molar-refractivity contribution >= 4 is 23.9 Å². The van der Waals surface area contributed by atoms with E-state index in [4.69, 9.17) is 9.57 Å². The van der Waals surface area contributed by atoms with Gasteiger partial charge in [0, 0.05) is 19.0 Å². The molecule has 10 heteroatoms. The second kappa shape index (κ2) is 8.10. The zero-order chi connectivity index (χ0) is 23.0. The van der Waals surface area contributed by atoms with E-state index in [2.05, 4.69) is 9.97 Å². The Balaban J connectivity index is 1.36. The highest BCUT2D eigenvalue weighted by Gasteiger charge is 2.39. The second-order valence-corrected chi connectivity index (χ2v) is 8.75. The van der Waals surface area contributed by atoms with Crippen molar-refractivity contribution in [2.24, 2.45) is 0 Å². The lowest BCUT2D eigenvalue weighted by Crippen LogP contribution is -2.41. The van der Waals surface area contributed by atoms with Crippen molar-refractivity contribution in [3.63, 3.8) is 0 Å². The van der Waals surface area contributed by atoms with E-state index >= 15 is 0 Å². The van der Waals surface area contributed by atoms with Crippen molar-refractivity contribution in [3.05, 3.63) is 53.1 Å². The molecule has 4 rings (SSSR count). The van der Waals surface area contributed by atoms with Crippen LogP contribution < -0.4 is 0 Å². The van der Waals surface area contributed by atoms with Gasteiger partial charge in [0.1, 0.15) is 17.1 Å². The largest absolute Gasteiger partial charge is 0.444 e. The van der Waals surface area contributed by atoms with Gasteiger partial charge in [0.25, 0.3) is 11.8 Å². The molecule has 1 aromatic heterocycles. The summed E-state index contributed by atoms with van der Waals surface area (Å²) >= 11 is 0. The maximum Gasteiger partial charge on any atom is 0.410 e. The van der Waals surface area contributed by atoms with E-state index in [9.17, 15) is 19.2 Å². The number of amides is 3. The topological polar surface area (TPSA) is 122 Å². The maximum atomic E-state index is 12.5. The van der Waals surface area contributed by atoms with Crippen LogP contribution in [0.15, 0.2) is 30.5 Å². The first-order valence-corrected chi connectivity index (χ1v) is 10.4. The van der Waals surface area contributed by atoms with Crippen LogP contribution in [0, 0.1) is 0 Å². The van der Waals surface area contributed by atoms with Crippen LogP contribution in [0.5, 0.6) is 0 Å². The van der Waals surface area contributed by atoms with Crippen molar-refractivity contribution < 1.29 is 28.8 Å². The van der Waals surface area contributed by atoms with Crippen molar-refractivity contribution in [2.45, 2.75) is 45.1 Å². The fraction of sp³-hybridized carbons (Fsp3) is 0.409. The molecule has 0 bridgehead atoms. The van der Waals surface area contributed by atoms with Crippen LogP contribution in [0.1, 0.15) is 76.6 Å². The Morgan fingerprint density at radius 2 is 1.66 bits per heavy atom. The Morgan fingerprint density at radius 3 is 2.22 bits per heavy atom. The molecule has 2 aliphatic heterocycles. The standard InChI is InChI=1S/C22H24N4O6/c1-22(2,3)31-21(30)25-10-8-13(9-11-25)17-23-12-16(24-17)20(29)32-26-18(27)14-6-4-5-7-15(14)19(26)28/h4-7,12-13H,8-11H2,1-3H3,(H,23,24). The Bertz CT molecular complexity index is 1040. The number of aromatic amines is 1. The number of aromatic nitrogens is 2. The predicted octanol–water partition coefficient (Wildman–Crippen LogP) is 2.89. The first-order chi connectivity index (χ1) is 15.1. The number of hydroxylamine groups is 2. The molecule has 0 atom stereocenters. The van der Waals surface area contributed by atoms with Crippen molar-refractivity contribution in [3.8, 4) is 0 Å². The van der Waals surface area contributed by atoms with Gasteiger partial charge in [-0.15, -0.1) is 0 Å². The minimum Gasteiger partial charge on any atom is -0.444 e. The number of carbonyl (C=O) groups is 4. The zero-order valence-electron chi connectivity index (χ0n) is 18.1. The molecule has 3 amide bonds. The normalized spacial score (nSPS) is 16.8. The predicted molar refractivity (Wildman–Crippen MR) is 111 cm³/mol. The van der Waals surface area contributed by atoms with Crippen LogP contribution in [-0.4, -0.2) is 62.5 Å². The molecule has 1 fully saturated rings. The lowest BCUT2D eigenvalue weighted by molar-refractivity contribution is -0.0588. The molecule has 0 saturated carbocycles. The van der Waals surface area contributed by atoms with E-state index in [-0.39, 0.29) is 28.8 Å². The molecular weight excluding hydrogens is 416 g/mol. The highest BCUT2D eigenvalue weighted by atomic mass is 16.7. The van der Waals surface area contributed by atoms with Gasteiger partial charge < -0.3 is 19.5 Å². The lowest BCUT2D eigenvalue weighted by Gasteiger charge is -2.32. The summed E-state index contributed by atoms with van der Waals surface area (Å²) in [6.45, 7) is 6.49. The van der Waals surface area contributed by atoms with Crippen molar-refractivity contribution in [1.82, 2.24) is 19.9 Å².